The molecule has 0 aliphatic carbocycles. The summed E-state index contributed by atoms with van der Waals surface area (Å²) in [4.78, 5) is 35.8. The monoisotopic (exact) mass is 548 g/mol. The predicted octanol–water partition coefficient (Wildman–Crippen LogP) is 3.67. The van der Waals surface area contributed by atoms with Gasteiger partial charge in [0.05, 0.1) is 12.2 Å². The SMILES string of the molecule is C=C1CC(C(=O)O)N(CC2=C(C(=O)OCC)C(c3ccc(F)cc3Br)N=C(c3nccs3)N2)C1. The lowest BCUT2D eigenvalue weighted by molar-refractivity contribution is -0.142. The number of halogens is 2. The van der Waals surface area contributed by atoms with Crippen LogP contribution in [-0.4, -0.2) is 58.5 Å². The third-order valence-corrected chi connectivity index (χ3v) is 6.98. The van der Waals surface area contributed by atoms with Crippen LogP contribution in [0.15, 0.2) is 62.7 Å². The van der Waals surface area contributed by atoms with Crippen LogP contribution >= 0.6 is 27.3 Å². The van der Waals surface area contributed by atoms with Crippen LogP contribution in [0.2, 0.25) is 0 Å². The molecule has 8 nitrogen and oxygen atoms in total. The van der Waals surface area contributed by atoms with Crippen molar-refractivity contribution in [1.29, 1.82) is 0 Å². The second kappa shape index (κ2) is 10.2. The number of carboxylic acid groups (broad SMARTS) is 1. The van der Waals surface area contributed by atoms with Gasteiger partial charge in [-0.25, -0.2) is 14.2 Å². The summed E-state index contributed by atoms with van der Waals surface area (Å²) in [5.74, 6) is -1.54. The van der Waals surface area contributed by atoms with Crippen molar-refractivity contribution in [3.63, 3.8) is 0 Å². The Labute approximate surface area is 208 Å². The van der Waals surface area contributed by atoms with Gasteiger partial charge < -0.3 is 15.2 Å². The Morgan fingerprint density at radius 1 is 1.44 bits per heavy atom. The van der Waals surface area contributed by atoms with Gasteiger partial charge in [-0.15, -0.1) is 11.3 Å². The fourth-order valence-corrected chi connectivity index (χ4v) is 5.20. The number of nitrogens with one attached hydrogen (secondary N) is 1. The number of carbonyl (C=O) groups excluding carboxylic acids is 1. The summed E-state index contributed by atoms with van der Waals surface area (Å²) in [6.45, 7) is 6.30. The molecule has 2 atom stereocenters. The summed E-state index contributed by atoms with van der Waals surface area (Å²) in [5.41, 5.74) is 2.06. The Morgan fingerprint density at radius 3 is 2.88 bits per heavy atom. The van der Waals surface area contributed by atoms with E-state index in [9.17, 15) is 19.1 Å². The van der Waals surface area contributed by atoms with Crippen LogP contribution in [0, 0.1) is 5.82 Å². The lowest BCUT2D eigenvalue weighted by Gasteiger charge is -2.30. The summed E-state index contributed by atoms with van der Waals surface area (Å²) in [6.07, 6.45) is 1.97. The number of benzene rings is 1. The molecule has 1 aromatic carbocycles. The minimum Gasteiger partial charge on any atom is -0.480 e. The number of nitrogens with zero attached hydrogens (tertiary/aromatic N) is 3. The first-order chi connectivity index (χ1) is 16.3. The molecular weight excluding hydrogens is 527 g/mol. The largest absolute Gasteiger partial charge is 0.480 e. The van der Waals surface area contributed by atoms with E-state index in [4.69, 9.17) is 9.73 Å². The molecule has 4 rings (SSSR count). The smallest absolute Gasteiger partial charge is 0.338 e. The van der Waals surface area contributed by atoms with Crippen LogP contribution in [0.3, 0.4) is 0 Å². The number of aromatic nitrogens is 1. The van der Waals surface area contributed by atoms with Gasteiger partial charge in [-0.05, 0) is 31.0 Å². The molecule has 0 saturated carbocycles. The lowest BCUT2D eigenvalue weighted by Crippen LogP contribution is -2.43. The van der Waals surface area contributed by atoms with Crippen molar-refractivity contribution in [3.05, 3.63) is 74.1 Å². The summed E-state index contributed by atoms with van der Waals surface area (Å²) >= 11 is 4.76. The minimum absolute atomic E-state index is 0.129. The Hall–Kier alpha value is -2.89. The highest BCUT2D eigenvalue weighted by atomic mass is 79.9. The predicted molar refractivity (Wildman–Crippen MR) is 129 cm³/mol. The van der Waals surface area contributed by atoms with E-state index in [-0.39, 0.29) is 18.7 Å². The Morgan fingerprint density at radius 2 is 2.24 bits per heavy atom. The molecule has 0 spiro atoms. The zero-order valence-electron chi connectivity index (χ0n) is 18.3. The molecule has 1 saturated heterocycles. The van der Waals surface area contributed by atoms with E-state index in [1.807, 2.05) is 0 Å². The first-order valence-electron chi connectivity index (χ1n) is 10.5. The van der Waals surface area contributed by atoms with Gasteiger partial charge in [0, 0.05) is 34.8 Å². The molecule has 3 heterocycles. The van der Waals surface area contributed by atoms with E-state index >= 15 is 0 Å². The standard InChI is InChI=1S/C23H22BrFN4O4S/c1-3-33-23(32)18-16(11-29-10-12(2)8-17(29)22(30)31)27-20(21-26-6-7-34-21)28-19(18)14-5-4-13(25)9-15(14)24/h4-7,9,17,19H,2-3,8,10-11H2,1H3,(H,27,28)(H,30,31). The van der Waals surface area contributed by atoms with Crippen molar-refractivity contribution in [2.75, 3.05) is 19.7 Å². The highest BCUT2D eigenvalue weighted by molar-refractivity contribution is 9.10. The first-order valence-corrected chi connectivity index (χ1v) is 12.2. The Kier molecular flexibility index (Phi) is 7.24. The molecule has 2 unspecified atom stereocenters. The first kappa shape index (κ1) is 24.2. The molecule has 0 radical (unpaired) electrons. The number of hydrogen-bond acceptors (Lipinski definition) is 8. The number of rotatable bonds is 7. The third kappa shape index (κ3) is 4.96. The van der Waals surface area contributed by atoms with Crippen molar-refractivity contribution >= 4 is 45.0 Å². The summed E-state index contributed by atoms with van der Waals surface area (Å²) in [5, 5.41) is 15.3. The maximum absolute atomic E-state index is 13.8. The lowest BCUT2D eigenvalue weighted by atomic mass is 9.95. The zero-order chi connectivity index (χ0) is 24.4. The van der Waals surface area contributed by atoms with Gasteiger partial charge >= 0.3 is 11.9 Å². The van der Waals surface area contributed by atoms with Crippen LogP contribution in [0.1, 0.15) is 30.0 Å². The second-order valence-corrected chi connectivity index (χ2v) is 9.58. The number of hydrogen-bond donors (Lipinski definition) is 2. The van der Waals surface area contributed by atoms with Crippen LogP contribution < -0.4 is 5.32 Å². The fourth-order valence-electron chi connectivity index (χ4n) is 4.04. The van der Waals surface area contributed by atoms with Gasteiger partial charge in [-0.2, -0.15) is 0 Å². The average Bonchev–Trinajstić information content (AvgIpc) is 3.43. The van der Waals surface area contributed by atoms with E-state index < -0.39 is 29.8 Å². The van der Waals surface area contributed by atoms with Gasteiger partial charge in [-0.1, -0.05) is 34.1 Å². The van der Waals surface area contributed by atoms with Crippen LogP contribution in [0.25, 0.3) is 0 Å². The van der Waals surface area contributed by atoms with Crippen LogP contribution in [-0.2, 0) is 14.3 Å². The Balaban J connectivity index is 1.84. The second-order valence-electron chi connectivity index (χ2n) is 7.83. The molecule has 0 bridgehead atoms. The van der Waals surface area contributed by atoms with Gasteiger partial charge in [0.1, 0.15) is 17.9 Å². The number of aliphatic imine (C=N–C) groups is 1. The molecule has 34 heavy (non-hydrogen) atoms. The summed E-state index contributed by atoms with van der Waals surface area (Å²) in [6, 6.07) is 2.59. The summed E-state index contributed by atoms with van der Waals surface area (Å²) in [7, 11) is 0. The molecule has 1 fully saturated rings. The number of ether oxygens (including phenoxy) is 1. The van der Waals surface area contributed by atoms with Gasteiger partial charge in [0.15, 0.2) is 10.8 Å². The van der Waals surface area contributed by atoms with Crippen molar-refractivity contribution in [2.24, 2.45) is 4.99 Å². The van der Waals surface area contributed by atoms with Crippen LogP contribution in [0.5, 0.6) is 0 Å². The van der Waals surface area contributed by atoms with Gasteiger partial charge in [0.25, 0.3) is 0 Å². The quantitative estimate of drug-likeness (QED) is 0.401. The number of carbonyl (C=O) groups is 2. The normalized spacial score (nSPS) is 20.8. The van der Waals surface area contributed by atoms with E-state index in [0.717, 1.165) is 5.57 Å². The summed E-state index contributed by atoms with van der Waals surface area (Å²) < 4.78 is 19.6. The highest BCUT2D eigenvalue weighted by Crippen LogP contribution is 2.37. The van der Waals surface area contributed by atoms with E-state index in [2.05, 4.69) is 32.8 Å². The third-order valence-electron chi connectivity index (χ3n) is 5.51. The molecule has 2 aliphatic heterocycles. The highest BCUT2D eigenvalue weighted by Gasteiger charge is 2.38. The Bertz CT molecular complexity index is 1200. The van der Waals surface area contributed by atoms with Crippen molar-refractivity contribution in [2.45, 2.75) is 25.4 Å². The maximum Gasteiger partial charge on any atom is 0.338 e. The molecular formula is C23H22BrFN4O4S. The number of carboxylic acids is 1. The molecule has 2 aromatic rings. The van der Waals surface area contributed by atoms with Crippen molar-refractivity contribution in [3.8, 4) is 0 Å². The van der Waals surface area contributed by atoms with Gasteiger partial charge in [0.2, 0.25) is 0 Å². The number of amidine groups is 1. The van der Waals surface area contributed by atoms with Crippen molar-refractivity contribution < 1.29 is 23.8 Å². The number of thiazole rings is 1. The van der Waals surface area contributed by atoms with E-state index in [1.165, 1.54) is 23.5 Å². The number of likely N-dealkylation sites (tertiary alicyclic amines) is 1. The zero-order valence-corrected chi connectivity index (χ0v) is 20.7. The fraction of sp³-hybridized carbons (Fsp3) is 0.304. The topological polar surface area (TPSA) is 104 Å². The molecule has 2 N–H and O–H groups in total. The molecule has 178 valence electrons. The van der Waals surface area contributed by atoms with Crippen LogP contribution in [0.4, 0.5) is 4.39 Å². The molecule has 0 amide bonds. The number of esters is 1. The van der Waals surface area contributed by atoms with E-state index in [0.29, 0.717) is 39.5 Å². The van der Waals surface area contributed by atoms with Crippen molar-refractivity contribution in [1.82, 2.24) is 15.2 Å². The molecule has 11 heteroatoms. The average molecular weight is 549 g/mol. The molecule has 2 aliphatic rings. The number of aliphatic carboxylic acids is 1. The molecule has 1 aromatic heterocycles. The van der Waals surface area contributed by atoms with E-state index in [1.54, 1.807) is 29.5 Å². The maximum atomic E-state index is 13.8. The minimum atomic E-state index is -0.959. The van der Waals surface area contributed by atoms with Gasteiger partial charge in [-0.3, -0.25) is 14.7 Å².